The summed E-state index contributed by atoms with van der Waals surface area (Å²) in [4.78, 5) is 9.57. The van der Waals surface area contributed by atoms with E-state index in [1.54, 1.807) is 0 Å². The second kappa shape index (κ2) is 10.9. The average molecular weight is 464 g/mol. The van der Waals surface area contributed by atoms with Gasteiger partial charge in [-0.25, -0.2) is 0 Å². The first kappa shape index (κ1) is 21.2. The number of guanidine groups is 1. The van der Waals surface area contributed by atoms with E-state index < -0.39 is 0 Å². The topological polar surface area (TPSA) is 40.1 Å². The van der Waals surface area contributed by atoms with Crippen molar-refractivity contribution in [3.05, 3.63) is 0 Å². The summed E-state index contributed by atoms with van der Waals surface area (Å²) in [6, 6.07) is 0. The highest BCUT2D eigenvalue weighted by Crippen LogP contribution is 2.38. The quantitative estimate of drug-likeness (QED) is 0.284. The molecule has 1 atom stereocenters. The molecule has 25 heavy (non-hydrogen) atoms. The molecule has 0 amide bonds. The van der Waals surface area contributed by atoms with E-state index in [4.69, 9.17) is 4.74 Å². The van der Waals surface area contributed by atoms with Crippen LogP contribution in [0.25, 0.3) is 0 Å². The summed E-state index contributed by atoms with van der Waals surface area (Å²) in [6.07, 6.45) is 10.6. The first-order chi connectivity index (χ1) is 11.8. The van der Waals surface area contributed by atoms with Crippen molar-refractivity contribution in [2.45, 2.75) is 51.4 Å². The van der Waals surface area contributed by atoms with Crippen LogP contribution in [-0.2, 0) is 4.74 Å². The second-order valence-corrected chi connectivity index (χ2v) is 7.91. The zero-order valence-electron chi connectivity index (χ0n) is 16.0. The van der Waals surface area contributed by atoms with E-state index in [1.165, 1.54) is 71.0 Å². The molecule has 0 bridgehead atoms. The van der Waals surface area contributed by atoms with Gasteiger partial charge in [-0.1, -0.05) is 12.8 Å². The lowest BCUT2D eigenvalue weighted by Crippen LogP contribution is -2.41. The number of nitrogens with one attached hydrogen (secondary N) is 1. The average Bonchev–Trinajstić information content (AvgIpc) is 3.25. The van der Waals surface area contributed by atoms with Crippen LogP contribution in [0.1, 0.15) is 51.4 Å². The van der Waals surface area contributed by atoms with Gasteiger partial charge in [0.05, 0.1) is 6.61 Å². The number of rotatable bonds is 6. The van der Waals surface area contributed by atoms with Crippen molar-refractivity contribution < 1.29 is 4.74 Å². The molecule has 0 aromatic carbocycles. The molecule has 0 aliphatic carbocycles. The Kier molecular flexibility index (Phi) is 9.27. The smallest absolute Gasteiger partial charge is 0.193 e. The lowest BCUT2D eigenvalue weighted by Gasteiger charge is -2.26. The van der Waals surface area contributed by atoms with Crippen molar-refractivity contribution in [1.29, 1.82) is 0 Å². The molecule has 6 heteroatoms. The molecule has 3 aliphatic rings. The Morgan fingerprint density at radius 1 is 1.08 bits per heavy atom. The normalized spacial score (nSPS) is 27.7. The number of ether oxygens (including phenoxy) is 1. The Balaban J connectivity index is 0.00000225. The molecule has 0 radical (unpaired) electrons. The van der Waals surface area contributed by atoms with Crippen molar-refractivity contribution in [2.75, 3.05) is 59.5 Å². The minimum atomic E-state index is 0. The maximum Gasteiger partial charge on any atom is 0.193 e. The number of nitrogens with zero attached hydrogens (tertiary/aromatic N) is 3. The molecule has 1 N–H and O–H groups in total. The third kappa shape index (κ3) is 6.24. The van der Waals surface area contributed by atoms with Crippen molar-refractivity contribution in [2.24, 2.45) is 10.4 Å². The van der Waals surface area contributed by atoms with E-state index in [0.717, 1.165) is 38.8 Å². The third-order valence-electron chi connectivity index (χ3n) is 6.02. The largest absolute Gasteiger partial charge is 0.381 e. The van der Waals surface area contributed by atoms with Gasteiger partial charge in [0, 0.05) is 38.7 Å². The molecule has 0 aromatic rings. The maximum absolute atomic E-state index is 5.63. The molecule has 0 saturated carbocycles. The van der Waals surface area contributed by atoms with Gasteiger partial charge in [-0.3, -0.25) is 4.99 Å². The van der Waals surface area contributed by atoms with Crippen LogP contribution in [0.15, 0.2) is 4.99 Å². The highest BCUT2D eigenvalue weighted by molar-refractivity contribution is 14.0. The van der Waals surface area contributed by atoms with Gasteiger partial charge in [0.2, 0.25) is 0 Å². The van der Waals surface area contributed by atoms with E-state index in [1.807, 2.05) is 7.05 Å². The predicted molar refractivity (Wildman–Crippen MR) is 115 cm³/mol. The molecule has 5 nitrogen and oxygen atoms in total. The Morgan fingerprint density at radius 3 is 2.64 bits per heavy atom. The van der Waals surface area contributed by atoms with E-state index in [2.05, 4.69) is 20.1 Å². The first-order valence-corrected chi connectivity index (χ1v) is 10.1. The zero-order valence-corrected chi connectivity index (χ0v) is 18.3. The maximum atomic E-state index is 5.63. The third-order valence-corrected chi connectivity index (χ3v) is 6.02. The summed E-state index contributed by atoms with van der Waals surface area (Å²) in [6.45, 7) is 9.11. The van der Waals surface area contributed by atoms with Gasteiger partial charge in [-0.15, -0.1) is 24.0 Å². The summed E-state index contributed by atoms with van der Waals surface area (Å²) in [7, 11) is 1.91. The highest BCUT2D eigenvalue weighted by Gasteiger charge is 2.42. The molecule has 1 spiro atoms. The van der Waals surface area contributed by atoms with E-state index in [0.29, 0.717) is 5.41 Å². The number of piperidine rings is 1. The fraction of sp³-hybridized carbons (Fsp3) is 0.947. The van der Waals surface area contributed by atoms with E-state index >= 15 is 0 Å². The van der Waals surface area contributed by atoms with Gasteiger partial charge in [0.25, 0.3) is 0 Å². The Morgan fingerprint density at radius 2 is 1.92 bits per heavy atom. The second-order valence-electron chi connectivity index (χ2n) is 7.91. The standard InChI is InChI=1S/C19H36N4O.HI/c1-20-18(23-14-8-19(16-23)9-15-24-17-19)21-10-4-2-5-11-22-12-6-3-7-13-22;/h2-17H2,1H3,(H,20,21);1H. The van der Waals surface area contributed by atoms with Crippen LogP contribution in [0.3, 0.4) is 0 Å². The van der Waals surface area contributed by atoms with Crippen LogP contribution in [0.5, 0.6) is 0 Å². The van der Waals surface area contributed by atoms with Gasteiger partial charge in [-0.2, -0.15) is 0 Å². The van der Waals surface area contributed by atoms with Crippen molar-refractivity contribution in [1.82, 2.24) is 15.1 Å². The number of unbranched alkanes of at least 4 members (excludes halogenated alkanes) is 2. The molecular formula is C19H37IN4O. The fourth-order valence-electron chi connectivity index (χ4n) is 4.44. The van der Waals surface area contributed by atoms with Crippen molar-refractivity contribution >= 4 is 29.9 Å². The van der Waals surface area contributed by atoms with Gasteiger partial charge >= 0.3 is 0 Å². The van der Waals surface area contributed by atoms with Crippen molar-refractivity contribution in [3.63, 3.8) is 0 Å². The Hall–Kier alpha value is -0.0800. The number of aliphatic imine (C=N–C) groups is 1. The van der Waals surface area contributed by atoms with E-state index in [9.17, 15) is 0 Å². The summed E-state index contributed by atoms with van der Waals surface area (Å²) in [5.41, 5.74) is 0.409. The van der Waals surface area contributed by atoms with Gasteiger partial charge < -0.3 is 19.9 Å². The van der Waals surface area contributed by atoms with Crippen LogP contribution in [0.2, 0.25) is 0 Å². The summed E-state index contributed by atoms with van der Waals surface area (Å²) in [5, 5.41) is 3.58. The lowest BCUT2D eigenvalue weighted by atomic mass is 9.87. The lowest BCUT2D eigenvalue weighted by molar-refractivity contribution is 0.156. The van der Waals surface area contributed by atoms with Gasteiger partial charge in [-0.05, 0) is 58.2 Å². The fourth-order valence-corrected chi connectivity index (χ4v) is 4.44. The first-order valence-electron chi connectivity index (χ1n) is 10.1. The molecule has 0 aromatic heterocycles. The number of hydrogen-bond acceptors (Lipinski definition) is 3. The molecule has 3 saturated heterocycles. The van der Waals surface area contributed by atoms with Gasteiger partial charge in [0.15, 0.2) is 5.96 Å². The summed E-state index contributed by atoms with van der Waals surface area (Å²) in [5.74, 6) is 1.09. The number of halogens is 1. The molecule has 3 fully saturated rings. The SMILES string of the molecule is CN=C(NCCCCCN1CCCCC1)N1CCC2(CCOC2)C1.I. The number of likely N-dealkylation sites (tertiary alicyclic amines) is 2. The Labute approximate surface area is 171 Å². The van der Waals surface area contributed by atoms with Crippen LogP contribution < -0.4 is 5.32 Å². The molecule has 3 aliphatic heterocycles. The predicted octanol–water partition coefficient (Wildman–Crippen LogP) is 2.95. The highest BCUT2D eigenvalue weighted by atomic mass is 127. The molecule has 3 rings (SSSR count). The Bertz CT molecular complexity index is 406. The van der Waals surface area contributed by atoms with Gasteiger partial charge in [0.1, 0.15) is 0 Å². The van der Waals surface area contributed by atoms with Crippen LogP contribution in [-0.4, -0.2) is 75.3 Å². The zero-order chi connectivity index (χ0) is 16.7. The number of hydrogen-bond donors (Lipinski definition) is 1. The minimum absolute atomic E-state index is 0. The molecule has 1 unspecified atom stereocenters. The van der Waals surface area contributed by atoms with Crippen molar-refractivity contribution in [3.8, 4) is 0 Å². The summed E-state index contributed by atoms with van der Waals surface area (Å²) < 4.78 is 5.63. The van der Waals surface area contributed by atoms with E-state index in [-0.39, 0.29) is 24.0 Å². The van der Waals surface area contributed by atoms with Crippen LogP contribution in [0.4, 0.5) is 0 Å². The molecule has 3 heterocycles. The van der Waals surface area contributed by atoms with Crippen LogP contribution >= 0.6 is 24.0 Å². The minimum Gasteiger partial charge on any atom is -0.381 e. The monoisotopic (exact) mass is 464 g/mol. The van der Waals surface area contributed by atoms with Crippen LogP contribution in [0, 0.1) is 5.41 Å². The molecule has 146 valence electrons. The summed E-state index contributed by atoms with van der Waals surface area (Å²) >= 11 is 0. The molecular weight excluding hydrogens is 427 g/mol.